The van der Waals surface area contributed by atoms with E-state index in [1.807, 2.05) is 18.2 Å². The van der Waals surface area contributed by atoms with E-state index in [1.54, 1.807) is 0 Å². The number of hydrogen-bond acceptors (Lipinski definition) is 2. The molecule has 0 saturated carbocycles. The van der Waals surface area contributed by atoms with Crippen LogP contribution in [0, 0.1) is 0 Å². The molecule has 0 radical (unpaired) electrons. The Morgan fingerprint density at radius 2 is 1.89 bits per heavy atom. The highest BCUT2D eigenvalue weighted by Crippen LogP contribution is 2.31. The molecule has 0 unspecified atom stereocenters. The van der Waals surface area contributed by atoms with Crippen LogP contribution in [0.1, 0.15) is 18.9 Å². The van der Waals surface area contributed by atoms with Crippen molar-refractivity contribution in [3.05, 3.63) is 28.8 Å². The Morgan fingerprint density at radius 3 is 2.44 bits per heavy atom. The number of hydrogen-bond donors (Lipinski definition) is 0. The summed E-state index contributed by atoms with van der Waals surface area (Å²) in [6.07, 6.45) is 1.12. The largest absolute Gasteiger partial charge is 0.370 e. The molecule has 1 rings (SSSR count). The van der Waals surface area contributed by atoms with Crippen LogP contribution in [0.15, 0.2) is 18.2 Å². The van der Waals surface area contributed by atoms with Gasteiger partial charge in [-0.3, -0.25) is 0 Å². The third-order valence-corrected chi connectivity index (χ3v) is 3.54. The number of benzene rings is 1. The molecule has 1 aromatic carbocycles. The lowest BCUT2D eigenvalue weighted by Gasteiger charge is -2.27. The van der Waals surface area contributed by atoms with Gasteiger partial charge in [0.05, 0.1) is 10.7 Å². The van der Waals surface area contributed by atoms with Crippen LogP contribution in [-0.2, 0) is 5.88 Å². The van der Waals surface area contributed by atoms with Crippen LogP contribution >= 0.6 is 23.2 Å². The summed E-state index contributed by atoms with van der Waals surface area (Å²) in [5.74, 6) is 0.500. The fourth-order valence-corrected chi connectivity index (χ4v) is 2.56. The van der Waals surface area contributed by atoms with Gasteiger partial charge in [-0.05, 0) is 45.6 Å². The minimum Gasteiger partial charge on any atom is -0.370 e. The van der Waals surface area contributed by atoms with Gasteiger partial charge in [0.2, 0.25) is 0 Å². The summed E-state index contributed by atoms with van der Waals surface area (Å²) in [6.45, 7) is 5.18. The van der Waals surface area contributed by atoms with Gasteiger partial charge < -0.3 is 9.80 Å². The first-order valence-electron chi connectivity index (χ1n) is 6.33. The van der Waals surface area contributed by atoms with Crippen molar-refractivity contribution in [3.63, 3.8) is 0 Å². The lowest BCUT2D eigenvalue weighted by molar-refractivity contribution is 0.400. The Morgan fingerprint density at radius 1 is 1.17 bits per heavy atom. The standard InChI is InChI=1S/C14H22Cl2N2/c1-4-18(10-6-9-17(2)3)14-12(11-15)7-5-8-13(14)16/h5,7-8H,4,6,9-11H2,1-3H3. The third-order valence-electron chi connectivity index (χ3n) is 2.95. The summed E-state index contributed by atoms with van der Waals surface area (Å²) >= 11 is 12.3. The quantitative estimate of drug-likeness (QED) is 0.703. The van der Waals surface area contributed by atoms with Crippen LogP contribution in [0.4, 0.5) is 5.69 Å². The smallest absolute Gasteiger partial charge is 0.0642 e. The number of para-hydroxylation sites is 1. The molecule has 2 nitrogen and oxygen atoms in total. The zero-order valence-electron chi connectivity index (χ0n) is 11.4. The summed E-state index contributed by atoms with van der Waals surface area (Å²) in [5, 5.41) is 0.792. The molecule has 0 heterocycles. The molecule has 0 aliphatic heterocycles. The van der Waals surface area contributed by atoms with Gasteiger partial charge in [-0.1, -0.05) is 23.7 Å². The van der Waals surface area contributed by atoms with Gasteiger partial charge in [0.15, 0.2) is 0 Å². The second-order valence-electron chi connectivity index (χ2n) is 4.62. The second kappa shape index (κ2) is 7.88. The predicted octanol–water partition coefficient (Wildman–Crippen LogP) is 3.86. The van der Waals surface area contributed by atoms with Gasteiger partial charge in [-0.2, -0.15) is 0 Å². The minimum atomic E-state index is 0.500. The third kappa shape index (κ3) is 4.34. The molecule has 0 saturated heterocycles. The van der Waals surface area contributed by atoms with Crippen molar-refractivity contribution >= 4 is 28.9 Å². The van der Waals surface area contributed by atoms with Gasteiger partial charge in [-0.25, -0.2) is 0 Å². The lowest BCUT2D eigenvalue weighted by Crippen LogP contribution is -2.28. The van der Waals surface area contributed by atoms with Gasteiger partial charge >= 0.3 is 0 Å². The molecule has 0 amide bonds. The van der Waals surface area contributed by atoms with E-state index in [1.165, 1.54) is 0 Å². The zero-order valence-corrected chi connectivity index (χ0v) is 12.9. The Hall–Kier alpha value is -0.440. The summed E-state index contributed by atoms with van der Waals surface area (Å²) in [5.41, 5.74) is 2.20. The first-order chi connectivity index (χ1) is 8.60. The average Bonchev–Trinajstić information content (AvgIpc) is 2.34. The zero-order chi connectivity index (χ0) is 13.5. The van der Waals surface area contributed by atoms with Crippen LogP contribution in [-0.4, -0.2) is 38.6 Å². The molecule has 0 bridgehead atoms. The molecule has 0 aromatic heterocycles. The number of nitrogens with zero attached hydrogens (tertiary/aromatic N) is 2. The van der Waals surface area contributed by atoms with E-state index in [2.05, 4.69) is 30.8 Å². The average molecular weight is 289 g/mol. The summed E-state index contributed by atoms with van der Waals surface area (Å²) in [7, 11) is 4.19. The van der Waals surface area contributed by atoms with Crippen LogP contribution in [0.2, 0.25) is 5.02 Å². The number of alkyl halides is 1. The van der Waals surface area contributed by atoms with Gasteiger partial charge in [0, 0.05) is 19.0 Å². The van der Waals surface area contributed by atoms with Gasteiger partial charge in [0.25, 0.3) is 0 Å². The van der Waals surface area contributed by atoms with Crippen LogP contribution in [0.5, 0.6) is 0 Å². The van der Waals surface area contributed by atoms with Crippen molar-refractivity contribution in [2.24, 2.45) is 0 Å². The van der Waals surface area contributed by atoms with Crippen molar-refractivity contribution < 1.29 is 0 Å². The minimum absolute atomic E-state index is 0.500. The number of rotatable bonds is 7. The first kappa shape index (κ1) is 15.6. The number of halogens is 2. The molecule has 0 aliphatic rings. The maximum absolute atomic E-state index is 6.31. The van der Waals surface area contributed by atoms with E-state index in [0.717, 1.165) is 42.3 Å². The lowest BCUT2D eigenvalue weighted by atomic mass is 10.1. The molecule has 1 aromatic rings. The molecule has 102 valence electrons. The first-order valence-corrected chi connectivity index (χ1v) is 7.24. The van der Waals surface area contributed by atoms with E-state index in [9.17, 15) is 0 Å². The van der Waals surface area contributed by atoms with E-state index in [-0.39, 0.29) is 0 Å². The highest BCUT2D eigenvalue weighted by atomic mass is 35.5. The van der Waals surface area contributed by atoms with Crippen LogP contribution in [0.25, 0.3) is 0 Å². The molecule has 0 fully saturated rings. The van der Waals surface area contributed by atoms with E-state index < -0.39 is 0 Å². The monoisotopic (exact) mass is 288 g/mol. The molecule has 0 spiro atoms. The van der Waals surface area contributed by atoms with E-state index in [4.69, 9.17) is 23.2 Å². The second-order valence-corrected chi connectivity index (χ2v) is 5.29. The molecule has 18 heavy (non-hydrogen) atoms. The van der Waals surface area contributed by atoms with Crippen molar-refractivity contribution in [3.8, 4) is 0 Å². The maximum atomic E-state index is 6.31. The predicted molar refractivity (Wildman–Crippen MR) is 82.1 cm³/mol. The van der Waals surface area contributed by atoms with Crippen molar-refractivity contribution in [2.45, 2.75) is 19.2 Å². The van der Waals surface area contributed by atoms with Crippen LogP contribution < -0.4 is 4.90 Å². The SMILES string of the molecule is CCN(CCCN(C)C)c1c(Cl)cccc1CCl. The molecule has 0 N–H and O–H groups in total. The van der Waals surface area contributed by atoms with Gasteiger partial charge in [0.1, 0.15) is 0 Å². The fourth-order valence-electron chi connectivity index (χ4n) is 2.03. The Kier molecular flexibility index (Phi) is 6.83. The molecule has 0 aliphatic carbocycles. The van der Waals surface area contributed by atoms with Crippen molar-refractivity contribution in [2.75, 3.05) is 38.6 Å². The van der Waals surface area contributed by atoms with E-state index >= 15 is 0 Å². The van der Waals surface area contributed by atoms with Crippen LogP contribution in [0.3, 0.4) is 0 Å². The molecular weight excluding hydrogens is 267 g/mol. The maximum Gasteiger partial charge on any atom is 0.0642 e. The normalized spacial score (nSPS) is 11.0. The summed E-state index contributed by atoms with van der Waals surface area (Å²) in [4.78, 5) is 4.51. The summed E-state index contributed by atoms with van der Waals surface area (Å²) in [6, 6.07) is 5.93. The highest BCUT2D eigenvalue weighted by molar-refractivity contribution is 6.33. The Bertz CT molecular complexity index is 367. The topological polar surface area (TPSA) is 6.48 Å². The summed E-state index contributed by atoms with van der Waals surface area (Å²) < 4.78 is 0. The number of anilines is 1. The van der Waals surface area contributed by atoms with Crippen molar-refractivity contribution in [1.82, 2.24) is 4.90 Å². The molecular formula is C14H22Cl2N2. The Balaban J connectivity index is 2.81. The Labute approximate surface area is 120 Å². The fraction of sp³-hybridized carbons (Fsp3) is 0.571. The van der Waals surface area contributed by atoms with Crippen molar-refractivity contribution in [1.29, 1.82) is 0 Å². The molecule has 0 atom stereocenters. The van der Waals surface area contributed by atoms with E-state index in [0.29, 0.717) is 5.88 Å². The highest BCUT2D eigenvalue weighted by Gasteiger charge is 2.12. The van der Waals surface area contributed by atoms with Gasteiger partial charge in [-0.15, -0.1) is 11.6 Å². The molecule has 4 heteroatoms.